The van der Waals surface area contributed by atoms with Crippen molar-refractivity contribution < 1.29 is 31.6 Å². The van der Waals surface area contributed by atoms with Gasteiger partial charge in [0.2, 0.25) is 15.9 Å². The van der Waals surface area contributed by atoms with Gasteiger partial charge in [0.05, 0.1) is 38.3 Å². The number of ketones is 1. The lowest BCUT2D eigenvalue weighted by molar-refractivity contribution is -0.133. The van der Waals surface area contributed by atoms with Gasteiger partial charge in [0.1, 0.15) is 17.4 Å². The van der Waals surface area contributed by atoms with Crippen LogP contribution in [0, 0.1) is 22.6 Å². The molecule has 2 saturated carbocycles. The second-order valence-corrected chi connectivity index (χ2v) is 14.1. The van der Waals surface area contributed by atoms with Crippen LogP contribution in [0.4, 0.5) is 4.39 Å². The standard InChI is InChI=1S/C30H40FN3O6S/c1-29(2)24-9-10-30(29,27(35)18-24)22-41(37,38)34(12-11-32-13-16-39-17-14-32)21-28(36)33(20-26-4-3-15-40-26)19-23-5-7-25(31)8-6-23/h3-8,15,24H,9-14,16-22H2,1-2H3. The lowest BCUT2D eigenvalue weighted by Crippen LogP contribution is -2.51. The minimum atomic E-state index is -3.99. The van der Waals surface area contributed by atoms with Crippen LogP contribution in [0.25, 0.3) is 0 Å². The van der Waals surface area contributed by atoms with Gasteiger partial charge in [0.25, 0.3) is 0 Å². The summed E-state index contributed by atoms with van der Waals surface area (Å²) in [4.78, 5) is 30.7. The van der Waals surface area contributed by atoms with Crippen molar-refractivity contribution in [2.24, 2.45) is 16.7 Å². The van der Waals surface area contributed by atoms with E-state index in [1.54, 1.807) is 24.3 Å². The summed E-state index contributed by atoms with van der Waals surface area (Å²) in [5, 5.41) is 0. The van der Waals surface area contributed by atoms with Crippen LogP contribution in [-0.2, 0) is 37.4 Å². The first kappa shape index (κ1) is 29.9. The van der Waals surface area contributed by atoms with Gasteiger partial charge in [0.15, 0.2) is 0 Å². The van der Waals surface area contributed by atoms with Crippen molar-refractivity contribution in [2.45, 2.75) is 46.2 Å². The first-order valence-corrected chi connectivity index (χ1v) is 16.0. The Labute approximate surface area is 241 Å². The third kappa shape index (κ3) is 6.28. The Kier molecular flexibility index (Phi) is 8.71. The molecule has 1 amide bonds. The molecule has 5 rings (SSSR count). The van der Waals surface area contributed by atoms with Crippen molar-refractivity contribution in [3.63, 3.8) is 0 Å². The van der Waals surface area contributed by atoms with Gasteiger partial charge in [-0.1, -0.05) is 26.0 Å². The number of furan rings is 1. The van der Waals surface area contributed by atoms with E-state index in [1.807, 2.05) is 13.8 Å². The maximum Gasteiger partial charge on any atom is 0.238 e. The SMILES string of the molecule is CC1(C)C2CCC1(CS(=O)(=O)N(CCN1CCOCC1)CC(=O)N(Cc1ccc(F)cc1)Cc1ccco1)C(=O)C2. The molecule has 41 heavy (non-hydrogen) atoms. The predicted octanol–water partition coefficient (Wildman–Crippen LogP) is 3.31. The Morgan fingerprint density at radius 2 is 1.85 bits per heavy atom. The highest BCUT2D eigenvalue weighted by atomic mass is 32.2. The zero-order valence-electron chi connectivity index (χ0n) is 23.9. The normalized spacial score (nSPS) is 24.3. The number of hydrogen-bond donors (Lipinski definition) is 0. The molecule has 11 heteroatoms. The smallest absolute Gasteiger partial charge is 0.238 e. The number of nitrogens with zero attached hydrogens (tertiary/aromatic N) is 3. The van der Waals surface area contributed by atoms with Gasteiger partial charge in [-0.05, 0) is 54.0 Å². The van der Waals surface area contributed by atoms with E-state index in [4.69, 9.17) is 9.15 Å². The number of Topliss-reactive ketones (excluding diaryl/α,β-unsaturated/α-hetero) is 1. The van der Waals surface area contributed by atoms with Crippen LogP contribution < -0.4 is 0 Å². The molecule has 3 aliphatic rings. The summed E-state index contributed by atoms with van der Waals surface area (Å²) in [6.45, 7) is 7.09. The summed E-state index contributed by atoms with van der Waals surface area (Å²) in [5.74, 6) is -0.288. The summed E-state index contributed by atoms with van der Waals surface area (Å²) in [6, 6.07) is 9.35. The maximum atomic E-state index is 14.1. The average Bonchev–Trinajstić information content (AvgIpc) is 3.58. The number of halogens is 1. The summed E-state index contributed by atoms with van der Waals surface area (Å²) in [5.41, 5.74) is -0.632. The molecule has 2 unspecified atom stereocenters. The van der Waals surface area contributed by atoms with Gasteiger partial charge in [0, 0.05) is 44.6 Å². The summed E-state index contributed by atoms with van der Waals surface area (Å²) >= 11 is 0. The van der Waals surface area contributed by atoms with Crippen molar-refractivity contribution in [1.29, 1.82) is 0 Å². The van der Waals surface area contributed by atoms with E-state index in [-0.39, 0.29) is 49.5 Å². The molecule has 0 radical (unpaired) electrons. The zero-order chi connectivity index (χ0) is 29.3. The van der Waals surface area contributed by atoms with Crippen LogP contribution in [0.15, 0.2) is 47.1 Å². The van der Waals surface area contributed by atoms with E-state index in [2.05, 4.69) is 4.90 Å². The lowest BCUT2D eigenvalue weighted by Gasteiger charge is -2.38. The summed E-state index contributed by atoms with van der Waals surface area (Å²) in [6.07, 6.45) is 3.34. The molecule has 2 heterocycles. The van der Waals surface area contributed by atoms with Gasteiger partial charge in [-0.15, -0.1) is 0 Å². The number of fused-ring (bicyclic) bond motifs is 2. The molecule has 0 N–H and O–H groups in total. The van der Waals surface area contributed by atoms with Gasteiger partial charge < -0.3 is 14.1 Å². The zero-order valence-corrected chi connectivity index (χ0v) is 24.7. The van der Waals surface area contributed by atoms with Crippen molar-refractivity contribution in [1.82, 2.24) is 14.1 Å². The number of benzene rings is 1. The van der Waals surface area contributed by atoms with Crippen molar-refractivity contribution in [2.75, 3.05) is 51.7 Å². The van der Waals surface area contributed by atoms with Crippen LogP contribution in [0.1, 0.15) is 44.4 Å². The fraction of sp³-hybridized carbons (Fsp3) is 0.600. The molecule has 2 aromatic rings. The molecule has 0 spiro atoms. The first-order chi connectivity index (χ1) is 19.5. The average molecular weight is 590 g/mol. The Morgan fingerprint density at radius 1 is 1.12 bits per heavy atom. The van der Waals surface area contributed by atoms with Crippen LogP contribution >= 0.6 is 0 Å². The first-order valence-electron chi connectivity index (χ1n) is 14.4. The van der Waals surface area contributed by atoms with Crippen molar-refractivity contribution >= 4 is 21.7 Å². The van der Waals surface area contributed by atoms with Gasteiger partial charge in [-0.25, -0.2) is 12.8 Å². The second-order valence-electron chi connectivity index (χ2n) is 12.2. The highest BCUT2D eigenvalue weighted by molar-refractivity contribution is 7.89. The molecule has 1 aromatic carbocycles. The highest BCUT2D eigenvalue weighted by Gasteiger charge is 2.65. The summed E-state index contributed by atoms with van der Waals surface area (Å²) in [7, 11) is -3.99. The molecule has 2 aliphatic carbocycles. The number of sulfonamides is 1. The van der Waals surface area contributed by atoms with E-state index in [0.29, 0.717) is 57.0 Å². The topological polar surface area (TPSA) is 100 Å². The number of morpholine rings is 1. The minimum absolute atomic E-state index is 0.0255. The Bertz CT molecular complexity index is 1320. The maximum absolute atomic E-state index is 14.1. The molecular weight excluding hydrogens is 549 g/mol. The van der Waals surface area contributed by atoms with E-state index in [1.165, 1.54) is 27.6 Å². The van der Waals surface area contributed by atoms with E-state index >= 15 is 0 Å². The fourth-order valence-corrected chi connectivity index (χ4v) is 8.94. The lowest BCUT2D eigenvalue weighted by atomic mass is 9.70. The molecule has 9 nitrogen and oxygen atoms in total. The predicted molar refractivity (Wildman–Crippen MR) is 151 cm³/mol. The molecule has 2 bridgehead atoms. The Morgan fingerprint density at radius 3 is 2.46 bits per heavy atom. The van der Waals surface area contributed by atoms with E-state index < -0.39 is 26.8 Å². The van der Waals surface area contributed by atoms with Gasteiger partial charge in [-0.3, -0.25) is 14.5 Å². The third-order valence-corrected chi connectivity index (χ3v) is 11.6. The quantitative estimate of drug-likeness (QED) is 0.375. The van der Waals surface area contributed by atoms with Crippen molar-refractivity contribution in [3.05, 3.63) is 59.8 Å². The number of carbonyl (C=O) groups is 2. The number of carbonyl (C=O) groups excluding carboxylic acids is 2. The Balaban J connectivity index is 1.39. The number of hydrogen-bond acceptors (Lipinski definition) is 7. The second kappa shape index (κ2) is 11.9. The molecule has 1 aliphatic heterocycles. The number of rotatable bonds is 12. The minimum Gasteiger partial charge on any atom is -0.467 e. The highest BCUT2D eigenvalue weighted by Crippen LogP contribution is 2.64. The number of ether oxygens (including phenoxy) is 1. The fourth-order valence-electron chi connectivity index (χ4n) is 6.79. The molecule has 1 saturated heterocycles. The van der Waals surface area contributed by atoms with Crippen molar-refractivity contribution in [3.8, 4) is 0 Å². The monoisotopic (exact) mass is 589 g/mol. The molecular formula is C30H40FN3O6S. The molecule has 1 aromatic heterocycles. The third-order valence-electron chi connectivity index (χ3n) is 9.61. The molecule has 3 fully saturated rings. The Hall–Kier alpha value is -2.60. The number of amides is 1. The van der Waals surface area contributed by atoms with Crippen LogP contribution in [0.5, 0.6) is 0 Å². The van der Waals surface area contributed by atoms with E-state index in [9.17, 15) is 22.4 Å². The van der Waals surface area contributed by atoms with Crippen LogP contribution in [0.2, 0.25) is 0 Å². The van der Waals surface area contributed by atoms with Crippen LogP contribution in [-0.4, -0.2) is 85.9 Å². The summed E-state index contributed by atoms with van der Waals surface area (Å²) < 4.78 is 54.0. The van der Waals surface area contributed by atoms with Gasteiger partial charge in [-0.2, -0.15) is 4.31 Å². The largest absolute Gasteiger partial charge is 0.467 e. The van der Waals surface area contributed by atoms with E-state index in [0.717, 1.165) is 6.42 Å². The van der Waals surface area contributed by atoms with Crippen LogP contribution in [0.3, 0.4) is 0 Å². The van der Waals surface area contributed by atoms with Gasteiger partial charge >= 0.3 is 0 Å². The molecule has 2 atom stereocenters. The molecule has 224 valence electrons.